The molecule has 2 aromatic carbocycles. The number of amides is 2. The minimum atomic E-state index is -0.627. The van der Waals surface area contributed by atoms with Crippen molar-refractivity contribution in [2.45, 2.75) is 32.4 Å². The Bertz CT molecular complexity index is 923. The van der Waals surface area contributed by atoms with Gasteiger partial charge in [0, 0.05) is 23.7 Å². The van der Waals surface area contributed by atoms with Gasteiger partial charge in [0.15, 0.2) is 0 Å². The quantitative estimate of drug-likeness (QED) is 0.493. The van der Waals surface area contributed by atoms with Gasteiger partial charge >= 0.3 is 5.97 Å². The Morgan fingerprint density at radius 3 is 2.33 bits per heavy atom. The summed E-state index contributed by atoms with van der Waals surface area (Å²) in [6, 6.07) is 13.2. The first kappa shape index (κ1) is 23.2. The van der Waals surface area contributed by atoms with E-state index >= 15 is 0 Å². The highest BCUT2D eigenvalue weighted by Gasteiger charge is 2.21. The molecule has 0 saturated carbocycles. The van der Waals surface area contributed by atoms with Crippen LogP contribution in [0.1, 0.15) is 47.8 Å². The molecular weight excluding hydrogens is 404 g/mol. The summed E-state index contributed by atoms with van der Waals surface area (Å²) in [5.74, 6) is -0.990. The highest BCUT2D eigenvalue weighted by Crippen LogP contribution is 2.25. The summed E-state index contributed by atoms with van der Waals surface area (Å²) < 4.78 is 5.21. The van der Waals surface area contributed by atoms with Gasteiger partial charge in [0.1, 0.15) is 0 Å². The number of hydrogen-bond acceptors (Lipinski definition) is 4. The minimum Gasteiger partial charge on any atom is -0.463 e. The van der Waals surface area contributed by atoms with Gasteiger partial charge in [0.2, 0.25) is 5.91 Å². The van der Waals surface area contributed by atoms with E-state index in [-0.39, 0.29) is 24.3 Å². The third kappa shape index (κ3) is 7.04. The summed E-state index contributed by atoms with van der Waals surface area (Å²) in [5.41, 5.74) is 1.92. The highest BCUT2D eigenvalue weighted by atomic mass is 35.5. The van der Waals surface area contributed by atoms with Crippen molar-refractivity contribution in [3.8, 4) is 0 Å². The topological polar surface area (TPSA) is 84.5 Å². The van der Waals surface area contributed by atoms with Gasteiger partial charge in [0.25, 0.3) is 5.91 Å². The molecule has 0 heterocycles. The molecule has 158 valence electrons. The SMILES string of the molecule is CNC(=O)c1ccc(C=CC(=O)NC(CC(=O)OC(C)C)c2ccccc2Cl)cc1. The van der Waals surface area contributed by atoms with Crippen molar-refractivity contribution in [2.24, 2.45) is 0 Å². The predicted molar refractivity (Wildman–Crippen MR) is 117 cm³/mol. The van der Waals surface area contributed by atoms with Crippen LogP contribution in [-0.4, -0.2) is 30.9 Å². The Balaban J connectivity index is 2.11. The zero-order valence-corrected chi connectivity index (χ0v) is 17.9. The van der Waals surface area contributed by atoms with Crippen LogP contribution in [0.3, 0.4) is 0 Å². The van der Waals surface area contributed by atoms with Crippen LogP contribution in [0.4, 0.5) is 0 Å². The van der Waals surface area contributed by atoms with Gasteiger partial charge in [-0.15, -0.1) is 0 Å². The second kappa shape index (κ2) is 11.2. The molecule has 0 aliphatic heterocycles. The maximum absolute atomic E-state index is 12.5. The Kier molecular flexibility index (Phi) is 8.62. The lowest BCUT2D eigenvalue weighted by molar-refractivity contribution is -0.148. The molecule has 0 aliphatic rings. The summed E-state index contributed by atoms with van der Waals surface area (Å²) in [6.07, 6.45) is 2.70. The largest absolute Gasteiger partial charge is 0.463 e. The zero-order valence-electron chi connectivity index (χ0n) is 17.1. The molecule has 7 heteroatoms. The molecule has 6 nitrogen and oxygen atoms in total. The van der Waals surface area contributed by atoms with E-state index in [1.54, 1.807) is 75.5 Å². The molecule has 1 unspecified atom stereocenters. The monoisotopic (exact) mass is 428 g/mol. The summed E-state index contributed by atoms with van der Waals surface area (Å²) in [5, 5.41) is 5.82. The third-order valence-corrected chi connectivity index (χ3v) is 4.51. The van der Waals surface area contributed by atoms with Crippen molar-refractivity contribution in [3.05, 3.63) is 76.3 Å². The lowest BCUT2D eigenvalue weighted by Crippen LogP contribution is -2.30. The number of nitrogens with one attached hydrogen (secondary N) is 2. The standard InChI is InChI=1S/C23H25ClN2O4/c1-15(2)30-22(28)14-20(18-6-4-5-7-19(18)24)26-21(27)13-10-16-8-11-17(12-9-16)23(29)25-3/h4-13,15,20H,14H2,1-3H3,(H,25,29)(H,26,27). The van der Waals surface area contributed by atoms with Gasteiger partial charge in [-0.25, -0.2) is 0 Å². The molecule has 1 atom stereocenters. The molecule has 2 aromatic rings. The van der Waals surface area contributed by atoms with Crippen molar-refractivity contribution in [3.63, 3.8) is 0 Å². The summed E-state index contributed by atoms with van der Waals surface area (Å²) in [6.45, 7) is 3.53. The van der Waals surface area contributed by atoms with Crippen molar-refractivity contribution in [1.82, 2.24) is 10.6 Å². The third-order valence-electron chi connectivity index (χ3n) is 4.16. The van der Waals surface area contributed by atoms with Crippen molar-refractivity contribution >= 4 is 35.5 Å². The van der Waals surface area contributed by atoms with Crippen LogP contribution in [0.25, 0.3) is 6.08 Å². The van der Waals surface area contributed by atoms with E-state index in [4.69, 9.17) is 16.3 Å². The van der Waals surface area contributed by atoms with Crippen molar-refractivity contribution < 1.29 is 19.1 Å². The van der Waals surface area contributed by atoms with Crippen LogP contribution in [0, 0.1) is 0 Å². The first-order valence-corrected chi connectivity index (χ1v) is 9.92. The molecule has 2 rings (SSSR count). The molecule has 0 radical (unpaired) electrons. The van der Waals surface area contributed by atoms with Crippen LogP contribution < -0.4 is 10.6 Å². The van der Waals surface area contributed by atoms with E-state index in [1.165, 1.54) is 6.08 Å². The summed E-state index contributed by atoms with van der Waals surface area (Å²) in [7, 11) is 1.56. The number of esters is 1. The molecule has 2 amide bonds. The molecule has 0 spiro atoms. The number of benzene rings is 2. The number of halogens is 1. The molecule has 0 fully saturated rings. The fourth-order valence-electron chi connectivity index (χ4n) is 2.76. The normalized spacial score (nSPS) is 11.9. The molecule has 0 saturated heterocycles. The minimum absolute atomic E-state index is 0.0394. The zero-order chi connectivity index (χ0) is 22.1. The lowest BCUT2D eigenvalue weighted by atomic mass is 10.0. The van der Waals surface area contributed by atoms with Crippen LogP contribution in [0.5, 0.6) is 0 Å². The maximum Gasteiger partial charge on any atom is 0.308 e. The fraction of sp³-hybridized carbons (Fsp3) is 0.261. The van der Waals surface area contributed by atoms with E-state index in [1.807, 2.05) is 0 Å². The second-order valence-corrected chi connectivity index (χ2v) is 7.27. The Hall–Kier alpha value is -3.12. The maximum atomic E-state index is 12.5. The Labute approximate surface area is 181 Å². The number of rotatable bonds is 8. The average Bonchev–Trinajstić information content (AvgIpc) is 2.71. The van der Waals surface area contributed by atoms with E-state index in [0.717, 1.165) is 5.56 Å². The van der Waals surface area contributed by atoms with Gasteiger partial charge < -0.3 is 15.4 Å². The molecular formula is C23H25ClN2O4. The number of carbonyl (C=O) groups excluding carboxylic acids is 3. The van der Waals surface area contributed by atoms with E-state index in [9.17, 15) is 14.4 Å². The number of ether oxygens (including phenoxy) is 1. The average molecular weight is 429 g/mol. The van der Waals surface area contributed by atoms with Gasteiger partial charge in [-0.3, -0.25) is 14.4 Å². The number of carbonyl (C=O) groups is 3. The van der Waals surface area contributed by atoms with Crippen LogP contribution in [0.2, 0.25) is 5.02 Å². The molecule has 0 aliphatic carbocycles. The Morgan fingerprint density at radius 2 is 1.73 bits per heavy atom. The Morgan fingerprint density at radius 1 is 1.07 bits per heavy atom. The lowest BCUT2D eigenvalue weighted by Gasteiger charge is -2.19. The van der Waals surface area contributed by atoms with Crippen LogP contribution in [-0.2, 0) is 14.3 Å². The number of hydrogen-bond donors (Lipinski definition) is 2. The predicted octanol–water partition coefficient (Wildman–Crippen LogP) is 3.91. The highest BCUT2D eigenvalue weighted by molar-refractivity contribution is 6.31. The van der Waals surface area contributed by atoms with Crippen molar-refractivity contribution in [2.75, 3.05) is 7.05 Å². The fourth-order valence-corrected chi connectivity index (χ4v) is 3.02. The van der Waals surface area contributed by atoms with E-state index < -0.39 is 12.0 Å². The van der Waals surface area contributed by atoms with Gasteiger partial charge in [-0.2, -0.15) is 0 Å². The van der Waals surface area contributed by atoms with E-state index in [2.05, 4.69) is 10.6 Å². The van der Waals surface area contributed by atoms with E-state index in [0.29, 0.717) is 16.1 Å². The molecule has 0 aromatic heterocycles. The van der Waals surface area contributed by atoms with Crippen molar-refractivity contribution in [1.29, 1.82) is 0 Å². The second-order valence-electron chi connectivity index (χ2n) is 6.86. The summed E-state index contributed by atoms with van der Waals surface area (Å²) in [4.78, 5) is 36.2. The first-order chi connectivity index (χ1) is 14.3. The van der Waals surface area contributed by atoms with Crippen LogP contribution in [0.15, 0.2) is 54.6 Å². The smallest absolute Gasteiger partial charge is 0.308 e. The van der Waals surface area contributed by atoms with Crippen LogP contribution >= 0.6 is 11.6 Å². The first-order valence-electron chi connectivity index (χ1n) is 9.54. The molecule has 30 heavy (non-hydrogen) atoms. The molecule has 2 N–H and O–H groups in total. The van der Waals surface area contributed by atoms with Gasteiger partial charge in [-0.1, -0.05) is 41.9 Å². The molecule has 0 bridgehead atoms. The van der Waals surface area contributed by atoms with Gasteiger partial charge in [-0.05, 0) is 49.2 Å². The summed E-state index contributed by atoms with van der Waals surface area (Å²) >= 11 is 6.26. The van der Waals surface area contributed by atoms with Gasteiger partial charge in [0.05, 0.1) is 18.6 Å².